The standard InChI is InChI=1S/C18H20ClNO3/c1-22-16-6-4-3-5-14(16)12-18(21)20-10-9-13-7-8-17(23-2)15(19)11-13/h3-8,11H,9-10,12H2,1-2H3,(H,20,21). The fourth-order valence-electron chi connectivity index (χ4n) is 2.30. The molecule has 0 heterocycles. The molecule has 0 aliphatic heterocycles. The van der Waals surface area contributed by atoms with E-state index in [-0.39, 0.29) is 5.91 Å². The second-order valence-electron chi connectivity index (χ2n) is 5.06. The Labute approximate surface area is 141 Å². The van der Waals surface area contributed by atoms with Gasteiger partial charge in [-0.2, -0.15) is 0 Å². The fourth-order valence-corrected chi connectivity index (χ4v) is 2.58. The Morgan fingerprint density at radius 3 is 2.52 bits per heavy atom. The molecular formula is C18H20ClNO3. The van der Waals surface area contributed by atoms with Gasteiger partial charge in [0.2, 0.25) is 5.91 Å². The number of hydrogen-bond acceptors (Lipinski definition) is 3. The lowest BCUT2D eigenvalue weighted by Gasteiger charge is -2.09. The Hall–Kier alpha value is -2.20. The van der Waals surface area contributed by atoms with Gasteiger partial charge in [-0.05, 0) is 30.2 Å². The van der Waals surface area contributed by atoms with Crippen molar-refractivity contribution in [1.29, 1.82) is 0 Å². The number of halogens is 1. The third kappa shape index (κ3) is 4.89. The maximum Gasteiger partial charge on any atom is 0.224 e. The summed E-state index contributed by atoms with van der Waals surface area (Å²) in [5.74, 6) is 1.34. The molecule has 2 rings (SSSR count). The molecule has 0 fully saturated rings. The Kier molecular flexibility index (Phi) is 6.29. The van der Waals surface area contributed by atoms with Crippen molar-refractivity contribution >= 4 is 17.5 Å². The fraction of sp³-hybridized carbons (Fsp3) is 0.278. The van der Waals surface area contributed by atoms with Gasteiger partial charge in [0.25, 0.3) is 0 Å². The van der Waals surface area contributed by atoms with E-state index in [1.165, 1.54) is 0 Å². The van der Waals surface area contributed by atoms with Crippen LogP contribution in [0.5, 0.6) is 11.5 Å². The van der Waals surface area contributed by atoms with Crippen LogP contribution in [0.25, 0.3) is 0 Å². The summed E-state index contributed by atoms with van der Waals surface area (Å²) in [7, 11) is 3.18. The van der Waals surface area contributed by atoms with E-state index in [2.05, 4.69) is 5.32 Å². The lowest BCUT2D eigenvalue weighted by molar-refractivity contribution is -0.120. The molecule has 4 nitrogen and oxygen atoms in total. The number of carbonyl (C=O) groups excluding carboxylic acids is 1. The Balaban J connectivity index is 1.84. The predicted molar refractivity (Wildman–Crippen MR) is 91.4 cm³/mol. The number of carbonyl (C=O) groups is 1. The molecule has 122 valence electrons. The quantitative estimate of drug-likeness (QED) is 0.846. The molecule has 0 spiro atoms. The second-order valence-corrected chi connectivity index (χ2v) is 5.46. The lowest BCUT2D eigenvalue weighted by atomic mass is 10.1. The highest BCUT2D eigenvalue weighted by molar-refractivity contribution is 6.32. The summed E-state index contributed by atoms with van der Waals surface area (Å²) in [5.41, 5.74) is 1.92. The molecule has 1 amide bonds. The number of rotatable bonds is 7. The molecule has 0 unspecified atom stereocenters. The molecule has 0 atom stereocenters. The van der Waals surface area contributed by atoms with Gasteiger partial charge < -0.3 is 14.8 Å². The third-order valence-corrected chi connectivity index (χ3v) is 3.79. The Morgan fingerprint density at radius 1 is 1.09 bits per heavy atom. The first-order valence-electron chi connectivity index (χ1n) is 7.35. The molecule has 2 aromatic rings. The average molecular weight is 334 g/mol. The Bertz CT molecular complexity index is 673. The number of nitrogens with one attached hydrogen (secondary N) is 1. The van der Waals surface area contributed by atoms with Crippen molar-refractivity contribution in [1.82, 2.24) is 5.32 Å². The predicted octanol–water partition coefficient (Wildman–Crippen LogP) is 3.26. The van der Waals surface area contributed by atoms with Gasteiger partial charge in [0, 0.05) is 12.1 Å². The normalized spacial score (nSPS) is 10.2. The largest absolute Gasteiger partial charge is 0.496 e. The van der Waals surface area contributed by atoms with E-state index in [0.717, 1.165) is 16.9 Å². The van der Waals surface area contributed by atoms with Crippen molar-refractivity contribution in [3.63, 3.8) is 0 Å². The summed E-state index contributed by atoms with van der Waals surface area (Å²) in [6, 6.07) is 13.1. The zero-order valence-electron chi connectivity index (χ0n) is 13.3. The molecule has 0 radical (unpaired) electrons. The van der Waals surface area contributed by atoms with Gasteiger partial charge in [-0.1, -0.05) is 35.9 Å². The van der Waals surface area contributed by atoms with E-state index in [9.17, 15) is 4.79 Å². The number of amides is 1. The van der Waals surface area contributed by atoms with Gasteiger partial charge in [-0.3, -0.25) is 4.79 Å². The topological polar surface area (TPSA) is 47.6 Å². The molecular weight excluding hydrogens is 314 g/mol. The average Bonchev–Trinajstić information content (AvgIpc) is 2.55. The first-order valence-corrected chi connectivity index (χ1v) is 7.73. The minimum Gasteiger partial charge on any atom is -0.496 e. The van der Waals surface area contributed by atoms with Crippen molar-refractivity contribution in [2.45, 2.75) is 12.8 Å². The molecule has 0 aliphatic rings. The van der Waals surface area contributed by atoms with E-state index in [0.29, 0.717) is 30.2 Å². The molecule has 0 aromatic heterocycles. The van der Waals surface area contributed by atoms with Crippen LogP contribution in [0, 0.1) is 0 Å². The highest BCUT2D eigenvalue weighted by atomic mass is 35.5. The molecule has 23 heavy (non-hydrogen) atoms. The van der Waals surface area contributed by atoms with Crippen LogP contribution in [0.2, 0.25) is 5.02 Å². The molecule has 0 bridgehead atoms. The minimum atomic E-state index is -0.0332. The van der Waals surface area contributed by atoms with Crippen molar-refractivity contribution in [3.05, 3.63) is 58.6 Å². The number of ether oxygens (including phenoxy) is 2. The van der Waals surface area contributed by atoms with Gasteiger partial charge in [-0.15, -0.1) is 0 Å². The van der Waals surface area contributed by atoms with Crippen LogP contribution in [0.3, 0.4) is 0 Å². The summed E-state index contributed by atoms with van der Waals surface area (Å²) in [4.78, 5) is 12.0. The number of para-hydroxylation sites is 1. The molecule has 2 aromatic carbocycles. The van der Waals surface area contributed by atoms with Crippen molar-refractivity contribution in [2.24, 2.45) is 0 Å². The minimum absolute atomic E-state index is 0.0332. The molecule has 0 aliphatic carbocycles. The van der Waals surface area contributed by atoms with E-state index < -0.39 is 0 Å². The monoisotopic (exact) mass is 333 g/mol. The molecule has 0 saturated heterocycles. The van der Waals surface area contributed by atoms with Crippen LogP contribution in [0.4, 0.5) is 0 Å². The van der Waals surface area contributed by atoms with Gasteiger partial charge in [0.15, 0.2) is 0 Å². The van der Waals surface area contributed by atoms with Crippen molar-refractivity contribution < 1.29 is 14.3 Å². The smallest absolute Gasteiger partial charge is 0.224 e. The van der Waals surface area contributed by atoms with Crippen LogP contribution in [-0.4, -0.2) is 26.7 Å². The Morgan fingerprint density at radius 2 is 1.83 bits per heavy atom. The SMILES string of the molecule is COc1ccc(CCNC(=O)Cc2ccccc2OC)cc1Cl. The summed E-state index contributed by atoms with van der Waals surface area (Å²) in [6.45, 7) is 0.552. The van der Waals surface area contributed by atoms with Crippen LogP contribution >= 0.6 is 11.6 Å². The number of methoxy groups -OCH3 is 2. The van der Waals surface area contributed by atoms with Crippen molar-refractivity contribution in [2.75, 3.05) is 20.8 Å². The molecule has 1 N–H and O–H groups in total. The van der Waals surface area contributed by atoms with Crippen LogP contribution in [0.1, 0.15) is 11.1 Å². The van der Waals surface area contributed by atoms with E-state index in [1.54, 1.807) is 14.2 Å². The van der Waals surface area contributed by atoms with Gasteiger partial charge in [-0.25, -0.2) is 0 Å². The highest BCUT2D eigenvalue weighted by Crippen LogP contribution is 2.25. The van der Waals surface area contributed by atoms with E-state index in [4.69, 9.17) is 21.1 Å². The third-order valence-electron chi connectivity index (χ3n) is 3.50. The first-order chi connectivity index (χ1) is 11.1. The summed E-state index contributed by atoms with van der Waals surface area (Å²) in [6.07, 6.45) is 1.01. The maximum atomic E-state index is 12.0. The van der Waals surface area contributed by atoms with Crippen LogP contribution < -0.4 is 14.8 Å². The van der Waals surface area contributed by atoms with Gasteiger partial charge in [0.05, 0.1) is 25.7 Å². The van der Waals surface area contributed by atoms with Crippen LogP contribution in [0.15, 0.2) is 42.5 Å². The maximum absolute atomic E-state index is 12.0. The molecule has 5 heteroatoms. The van der Waals surface area contributed by atoms with Gasteiger partial charge >= 0.3 is 0 Å². The molecule has 0 saturated carbocycles. The summed E-state index contributed by atoms with van der Waals surface area (Å²) < 4.78 is 10.4. The number of benzene rings is 2. The zero-order valence-corrected chi connectivity index (χ0v) is 14.0. The second kappa shape index (κ2) is 8.44. The summed E-state index contributed by atoms with van der Waals surface area (Å²) >= 11 is 6.09. The first kappa shape index (κ1) is 17.2. The lowest BCUT2D eigenvalue weighted by Crippen LogP contribution is -2.27. The zero-order chi connectivity index (χ0) is 16.7. The highest BCUT2D eigenvalue weighted by Gasteiger charge is 2.08. The van der Waals surface area contributed by atoms with Crippen molar-refractivity contribution in [3.8, 4) is 11.5 Å². The number of hydrogen-bond donors (Lipinski definition) is 1. The summed E-state index contributed by atoms with van der Waals surface area (Å²) in [5, 5.41) is 3.48. The van der Waals surface area contributed by atoms with Crippen LogP contribution in [-0.2, 0) is 17.6 Å². The van der Waals surface area contributed by atoms with E-state index >= 15 is 0 Å². The van der Waals surface area contributed by atoms with Gasteiger partial charge in [0.1, 0.15) is 11.5 Å². The van der Waals surface area contributed by atoms with E-state index in [1.807, 2.05) is 42.5 Å².